The van der Waals surface area contributed by atoms with Crippen LogP contribution in [0.4, 0.5) is 11.6 Å². The molecule has 0 atom stereocenters. The van der Waals surface area contributed by atoms with Crippen molar-refractivity contribution in [3.05, 3.63) is 83.2 Å². The Morgan fingerprint density at radius 2 is 1.72 bits per heavy atom. The van der Waals surface area contributed by atoms with Crippen molar-refractivity contribution in [1.82, 2.24) is 14.9 Å². The first kappa shape index (κ1) is 20.0. The van der Waals surface area contributed by atoms with E-state index in [1.807, 2.05) is 30.3 Å². The maximum Gasteiger partial charge on any atom is 0.339 e. The summed E-state index contributed by atoms with van der Waals surface area (Å²) in [6, 6.07) is 18.3. The highest BCUT2D eigenvalue weighted by Crippen LogP contribution is 2.20. The van der Waals surface area contributed by atoms with Gasteiger partial charge in [-0.15, -0.1) is 0 Å². The maximum absolute atomic E-state index is 12.9. The van der Waals surface area contributed by atoms with Crippen LogP contribution in [0.25, 0.3) is 0 Å². The molecule has 148 valence electrons. The van der Waals surface area contributed by atoms with Gasteiger partial charge in [0.25, 0.3) is 5.91 Å². The summed E-state index contributed by atoms with van der Waals surface area (Å²) in [6.07, 6.45) is 0. The second kappa shape index (κ2) is 8.97. The van der Waals surface area contributed by atoms with Crippen molar-refractivity contribution in [2.75, 3.05) is 19.5 Å². The van der Waals surface area contributed by atoms with Crippen LogP contribution >= 0.6 is 0 Å². The number of benzene rings is 2. The Labute approximate surface area is 169 Å². The molecule has 0 aliphatic heterocycles. The Balaban J connectivity index is 1.83. The molecule has 0 aliphatic rings. The normalized spacial score (nSPS) is 10.3. The molecule has 0 fully saturated rings. The number of aromatic nitrogens is 2. The zero-order chi connectivity index (χ0) is 20.8. The molecule has 0 spiro atoms. The van der Waals surface area contributed by atoms with Gasteiger partial charge in [0.1, 0.15) is 5.69 Å². The summed E-state index contributed by atoms with van der Waals surface area (Å²) in [7, 11) is 3.05. The zero-order valence-corrected chi connectivity index (χ0v) is 16.5. The second-order valence-corrected chi connectivity index (χ2v) is 6.53. The smallest absolute Gasteiger partial charge is 0.339 e. The average molecular weight is 390 g/mol. The van der Waals surface area contributed by atoms with E-state index in [1.165, 1.54) is 7.11 Å². The van der Waals surface area contributed by atoms with Gasteiger partial charge in [-0.3, -0.25) is 4.79 Å². The van der Waals surface area contributed by atoms with E-state index in [9.17, 15) is 9.59 Å². The SMILES string of the molecule is COC(=O)c1ccccc1Nc1nc(C)cc(C(=O)N(C)Cc2ccccc2)n1. The Bertz CT molecular complexity index is 1020. The van der Waals surface area contributed by atoms with Crippen LogP contribution in [0.3, 0.4) is 0 Å². The summed E-state index contributed by atoms with van der Waals surface area (Å²) in [5, 5.41) is 3.02. The molecule has 3 aromatic rings. The molecule has 1 aromatic heterocycles. The number of rotatable bonds is 6. The lowest BCUT2D eigenvalue weighted by atomic mass is 10.2. The topological polar surface area (TPSA) is 84.4 Å². The number of amides is 1. The quantitative estimate of drug-likeness (QED) is 0.648. The van der Waals surface area contributed by atoms with Crippen LogP contribution in [0.5, 0.6) is 0 Å². The van der Waals surface area contributed by atoms with Crippen LogP contribution < -0.4 is 5.32 Å². The third-order valence-corrected chi connectivity index (χ3v) is 4.26. The Morgan fingerprint density at radius 1 is 1.03 bits per heavy atom. The molecule has 3 rings (SSSR count). The van der Waals surface area contributed by atoms with Gasteiger partial charge in [-0.1, -0.05) is 42.5 Å². The Kier molecular flexibility index (Phi) is 6.19. The predicted molar refractivity (Wildman–Crippen MR) is 110 cm³/mol. The summed E-state index contributed by atoms with van der Waals surface area (Å²) in [4.78, 5) is 35.1. The van der Waals surface area contributed by atoms with E-state index in [0.717, 1.165) is 5.56 Å². The summed E-state index contributed by atoms with van der Waals surface area (Å²) in [6.45, 7) is 2.25. The molecule has 2 aromatic carbocycles. The van der Waals surface area contributed by atoms with Crippen molar-refractivity contribution < 1.29 is 14.3 Å². The van der Waals surface area contributed by atoms with E-state index in [2.05, 4.69) is 15.3 Å². The van der Waals surface area contributed by atoms with Crippen molar-refractivity contribution >= 4 is 23.5 Å². The van der Waals surface area contributed by atoms with Gasteiger partial charge in [0.15, 0.2) is 0 Å². The third-order valence-electron chi connectivity index (χ3n) is 4.26. The van der Waals surface area contributed by atoms with Crippen LogP contribution in [0, 0.1) is 6.92 Å². The number of ether oxygens (including phenoxy) is 1. The fourth-order valence-corrected chi connectivity index (χ4v) is 2.86. The fourth-order valence-electron chi connectivity index (χ4n) is 2.86. The molecule has 29 heavy (non-hydrogen) atoms. The number of nitrogens with one attached hydrogen (secondary N) is 1. The number of nitrogens with zero attached hydrogens (tertiary/aromatic N) is 3. The summed E-state index contributed by atoms with van der Waals surface area (Å²) in [5.41, 5.74) is 2.79. The first-order valence-corrected chi connectivity index (χ1v) is 9.07. The van der Waals surface area contributed by atoms with Gasteiger partial charge in [0.2, 0.25) is 5.95 Å². The minimum atomic E-state index is -0.473. The lowest BCUT2D eigenvalue weighted by molar-refractivity contribution is 0.0601. The minimum absolute atomic E-state index is 0.219. The van der Waals surface area contributed by atoms with Crippen molar-refractivity contribution in [1.29, 1.82) is 0 Å². The first-order valence-electron chi connectivity index (χ1n) is 9.07. The molecular weight excluding hydrogens is 368 g/mol. The third kappa shape index (κ3) is 4.95. The van der Waals surface area contributed by atoms with E-state index in [1.54, 1.807) is 49.2 Å². The number of carbonyl (C=O) groups is 2. The lowest BCUT2D eigenvalue weighted by Gasteiger charge is -2.17. The van der Waals surface area contributed by atoms with E-state index >= 15 is 0 Å². The van der Waals surface area contributed by atoms with Crippen LogP contribution in [0.2, 0.25) is 0 Å². The Hall–Kier alpha value is -3.74. The molecule has 1 amide bonds. The number of carbonyl (C=O) groups excluding carboxylic acids is 2. The molecule has 1 heterocycles. The zero-order valence-electron chi connectivity index (χ0n) is 16.5. The van der Waals surface area contributed by atoms with Gasteiger partial charge >= 0.3 is 5.97 Å². The van der Waals surface area contributed by atoms with Crippen molar-refractivity contribution in [3.8, 4) is 0 Å². The van der Waals surface area contributed by atoms with E-state index in [-0.39, 0.29) is 17.5 Å². The number of hydrogen-bond donors (Lipinski definition) is 1. The number of aryl methyl sites for hydroxylation is 1. The van der Waals surface area contributed by atoms with Gasteiger partial charge in [0.05, 0.1) is 18.4 Å². The highest BCUT2D eigenvalue weighted by molar-refractivity contribution is 5.96. The summed E-state index contributed by atoms with van der Waals surface area (Å²) < 4.78 is 4.81. The molecular formula is C22H22N4O3. The minimum Gasteiger partial charge on any atom is -0.465 e. The summed E-state index contributed by atoms with van der Waals surface area (Å²) in [5.74, 6) is -0.457. The van der Waals surface area contributed by atoms with Crippen LogP contribution in [-0.4, -0.2) is 40.9 Å². The number of hydrogen-bond acceptors (Lipinski definition) is 6. The standard InChI is InChI=1S/C22H22N4O3/c1-15-13-19(20(27)26(2)14-16-9-5-4-6-10-16)25-22(23-15)24-18-12-8-7-11-17(18)21(28)29-3/h4-13H,14H2,1-3H3,(H,23,24,25). The van der Waals surface area contributed by atoms with Crippen LogP contribution in [-0.2, 0) is 11.3 Å². The molecule has 0 saturated heterocycles. The summed E-state index contributed by atoms with van der Waals surface area (Å²) >= 11 is 0. The number of esters is 1. The van der Waals surface area contributed by atoms with Gasteiger partial charge in [-0.2, -0.15) is 0 Å². The molecule has 0 radical (unpaired) electrons. The second-order valence-electron chi connectivity index (χ2n) is 6.53. The van der Waals surface area contributed by atoms with Crippen LogP contribution in [0.1, 0.15) is 32.1 Å². The molecule has 0 unspecified atom stereocenters. The highest BCUT2D eigenvalue weighted by Gasteiger charge is 2.17. The largest absolute Gasteiger partial charge is 0.465 e. The lowest BCUT2D eigenvalue weighted by Crippen LogP contribution is -2.27. The maximum atomic E-state index is 12.9. The average Bonchev–Trinajstić information content (AvgIpc) is 2.73. The molecule has 7 heteroatoms. The number of anilines is 2. The van der Waals surface area contributed by atoms with Gasteiger partial charge < -0.3 is 15.0 Å². The molecule has 0 saturated carbocycles. The Morgan fingerprint density at radius 3 is 2.45 bits per heavy atom. The van der Waals surface area contributed by atoms with Gasteiger partial charge in [0, 0.05) is 19.3 Å². The highest BCUT2D eigenvalue weighted by atomic mass is 16.5. The van der Waals surface area contributed by atoms with Gasteiger partial charge in [-0.05, 0) is 30.7 Å². The van der Waals surface area contributed by atoms with Crippen LogP contribution in [0.15, 0.2) is 60.7 Å². The van der Waals surface area contributed by atoms with Crippen molar-refractivity contribution in [3.63, 3.8) is 0 Å². The predicted octanol–water partition coefficient (Wildman–Crippen LogP) is 3.59. The number of methoxy groups -OCH3 is 1. The van der Waals surface area contributed by atoms with Gasteiger partial charge in [-0.25, -0.2) is 14.8 Å². The molecule has 7 nitrogen and oxygen atoms in total. The molecule has 1 N–H and O–H groups in total. The molecule has 0 aliphatic carbocycles. The van der Waals surface area contributed by atoms with Crippen molar-refractivity contribution in [2.45, 2.75) is 13.5 Å². The van der Waals surface area contributed by atoms with E-state index in [0.29, 0.717) is 23.5 Å². The van der Waals surface area contributed by atoms with E-state index in [4.69, 9.17) is 4.74 Å². The fraction of sp³-hybridized carbons (Fsp3) is 0.182. The monoisotopic (exact) mass is 390 g/mol. The molecule has 0 bridgehead atoms. The van der Waals surface area contributed by atoms with Crippen molar-refractivity contribution in [2.24, 2.45) is 0 Å². The number of para-hydroxylation sites is 1. The first-order chi connectivity index (χ1) is 14.0. The van der Waals surface area contributed by atoms with E-state index < -0.39 is 5.97 Å².